The Morgan fingerprint density at radius 1 is 1.04 bits per heavy atom. The van der Waals surface area contributed by atoms with Crippen molar-refractivity contribution in [3.05, 3.63) is 42.0 Å². The molecule has 5 nitrogen and oxygen atoms in total. The summed E-state index contributed by atoms with van der Waals surface area (Å²) in [6, 6.07) is 12.1. The van der Waals surface area contributed by atoms with Crippen LogP contribution in [0, 0.1) is 0 Å². The predicted octanol–water partition coefficient (Wildman–Crippen LogP) is 4.18. The van der Waals surface area contributed by atoms with Gasteiger partial charge in [-0.1, -0.05) is 50.1 Å². The van der Waals surface area contributed by atoms with Gasteiger partial charge in [0.2, 0.25) is 0 Å². The first-order valence-corrected chi connectivity index (χ1v) is 11.3. The average molecular weight is 391 g/mol. The lowest BCUT2D eigenvalue weighted by molar-refractivity contribution is 0.309. The van der Waals surface area contributed by atoms with E-state index in [1.165, 1.54) is 4.31 Å². The van der Waals surface area contributed by atoms with Gasteiger partial charge in [0.15, 0.2) is 0 Å². The lowest BCUT2D eigenvalue weighted by atomic mass is 10.0. The molecule has 2 aromatic rings. The van der Waals surface area contributed by atoms with Gasteiger partial charge in [0.1, 0.15) is 5.75 Å². The van der Waals surface area contributed by atoms with Gasteiger partial charge < -0.3 is 4.74 Å². The van der Waals surface area contributed by atoms with E-state index in [2.05, 4.69) is 6.92 Å². The minimum absolute atomic E-state index is 0.305. The maximum absolute atomic E-state index is 13.1. The largest absolute Gasteiger partial charge is 0.493 e. The molecule has 3 rings (SSSR count). The minimum atomic E-state index is -3.48. The Kier molecular flexibility index (Phi) is 6.73. The zero-order valence-electron chi connectivity index (χ0n) is 16.4. The number of benzene rings is 2. The topological polar surface area (TPSA) is 49.9 Å². The molecule has 148 valence electrons. The van der Waals surface area contributed by atoms with Gasteiger partial charge >= 0.3 is 0 Å². The lowest BCUT2D eigenvalue weighted by Crippen LogP contribution is -2.42. The Bertz CT molecular complexity index is 859. The number of ether oxygens (including phenoxy) is 1. The predicted molar refractivity (Wildman–Crippen MR) is 110 cm³/mol. The summed E-state index contributed by atoms with van der Waals surface area (Å²) < 4.78 is 35.3. The maximum atomic E-state index is 13.1. The zero-order valence-corrected chi connectivity index (χ0v) is 17.2. The molecule has 1 fully saturated rings. The van der Waals surface area contributed by atoms with Gasteiger partial charge in [-0.2, -0.15) is 17.0 Å². The molecule has 0 atom stereocenters. The normalized spacial score (nSPS) is 16.6. The highest BCUT2D eigenvalue weighted by molar-refractivity contribution is 7.86. The third kappa shape index (κ3) is 4.62. The van der Waals surface area contributed by atoms with Crippen LogP contribution in [-0.4, -0.2) is 43.8 Å². The fraction of sp³-hybridized carbons (Fsp3) is 0.524. The van der Waals surface area contributed by atoms with Crippen molar-refractivity contribution in [1.82, 2.24) is 8.61 Å². The van der Waals surface area contributed by atoms with Crippen molar-refractivity contribution in [2.24, 2.45) is 0 Å². The standard InChI is InChI=1S/C21H30N2O3S/c1-3-16-26-21-13-12-18-10-6-7-11-19(18)20(21)17-22(2)27(24,25)23-14-8-4-5-9-15-23/h6-7,10-13H,3-5,8-9,14-17H2,1-2H3. The van der Waals surface area contributed by atoms with Crippen LogP contribution in [0.25, 0.3) is 10.8 Å². The summed E-state index contributed by atoms with van der Waals surface area (Å²) in [5.41, 5.74) is 0.933. The van der Waals surface area contributed by atoms with E-state index in [-0.39, 0.29) is 0 Å². The first-order chi connectivity index (χ1) is 13.0. The molecule has 1 heterocycles. The first-order valence-electron chi connectivity index (χ1n) is 9.89. The van der Waals surface area contributed by atoms with Gasteiger partial charge in [-0.05, 0) is 36.1 Å². The molecule has 6 heteroatoms. The Labute approximate surface area is 163 Å². The van der Waals surface area contributed by atoms with Crippen LogP contribution in [0.5, 0.6) is 5.75 Å². The van der Waals surface area contributed by atoms with Crippen molar-refractivity contribution in [2.45, 2.75) is 45.6 Å². The second-order valence-electron chi connectivity index (χ2n) is 7.19. The van der Waals surface area contributed by atoms with E-state index >= 15 is 0 Å². The van der Waals surface area contributed by atoms with Crippen LogP contribution in [0.15, 0.2) is 36.4 Å². The summed E-state index contributed by atoms with van der Waals surface area (Å²) in [7, 11) is -1.81. The highest BCUT2D eigenvalue weighted by atomic mass is 32.2. The van der Waals surface area contributed by atoms with Crippen molar-refractivity contribution in [3.63, 3.8) is 0 Å². The van der Waals surface area contributed by atoms with Crippen LogP contribution in [0.4, 0.5) is 0 Å². The molecule has 0 radical (unpaired) electrons. The average Bonchev–Trinajstić information content (AvgIpc) is 2.97. The fourth-order valence-electron chi connectivity index (χ4n) is 3.60. The zero-order chi connectivity index (χ0) is 19.3. The number of hydrogen-bond acceptors (Lipinski definition) is 3. The molecule has 27 heavy (non-hydrogen) atoms. The number of fused-ring (bicyclic) bond motifs is 1. The second kappa shape index (κ2) is 9.04. The molecule has 1 aliphatic rings. The van der Waals surface area contributed by atoms with Crippen molar-refractivity contribution >= 4 is 21.0 Å². The highest BCUT2D eigenvalue weighted by Gasteiger charge is 2.28. The summed E-state index contributed by atoms with van der Waals surface area (Å²) in [6.45, 7) is 4.21. The van der Waals surface area contributed by atoms with E-state index in [1.807, 2.05) is 36.4 Å². The quantitative estimate of drug-likeness (QED) is 0.712. The molecule has 0 spiro atoms. The number of nitrogens with zero attached hydrogens (tertiary/aromatic N) is 2. The van der Waals surface area contributed by atoms with E-state index < -0.39 is 10.2 Å². The van der Waals surface area contributed by atoms with Crippen LogP contribution < -0.4 is 4.74 Å². The SMILES string of the molecule is CCCOc1ccc2ccccc2c1CN(C)S(=O)(=O)N1CCCCCC1. The van der Waals surface area contributed by atoms with Crippen molar-refractivity contribution in [2.75, 3.05) is 26.7 Å². The summed E-state index contributed by atoms with van der Waals surface area (Å²) in [5.74, 6) is 0.772. The Morgan fingerprint density at radius 3 is 2.44 bits per heavy atom. The molecule has 0 amide bonds. The Balaban J connectivity index is 1.91. The van der Waals surface area contributed by atoms with Gasteiger partial charge in [-0.25, -0.2) is 0 Å². The molecular weight excluding hydrogens is 360 g/mol. The van der Waals surface area contributed by atoms with Gasteiger partial charge in [-0.15, -0.1) is 0 Å². The molecule has 0 saturated carbocycles. The summed E-state index contributed by atoms with van der Waals surface area (Å²) in [4.78, 5) is 0. The maximum Gasteiger partial charge on any atom is 0.282 e. The third-order valence-electron chi connectivity index (χ3n) is 5.13. The minimum Gasteiger partial charge on any atom is -0.493 e. The molecule has 1 saturated heterocycles. The lowest BCUT2D eigenvalue weighted by Gasteiger charge is -2.27. The molecule has 0 aromatic heterocycles. The molecule has 1 aliphatic heterocycles. The monoisotopic (exact) mass is 390 g/mol. The first kappa shape index (κ1) is 20.1. The van der Waals surface area contributed by atoms with Crippen LogP contribution in [0.1, 0.15) is 44.6 Å². The summed E-state index contributed by atoms with van der Waals surface area (Å²) in [5, 5.41) is 2.14. The fourth-order valence-corrected chi connectivity index (χ4v) is 5.01. The van der Waals surface area contributed by atoms with Crippen molar-refractivity contribution in [3.8, 4) is 5.75 Å². The van der Waals surface area contributed by atoms with Gasteiger partial charge in [0.25, 0.3) is 10.2 Å². The summed E-state index contributed by atoms with van der Waals surface area (Å²) >= 11 is 0. The molecule has 0 bridgehead atoms. The van der Waals surface area contributed by atoms with Crippen LogP contribution in [0.2, 0.25) is 0 Å². The second-order valence-corrected chi connectivity index (χ2v) is 9.22. The molecule has 0 unspecified atom stereocenters. The van der Waals surface area contributed by atoms with Crippen LogP contribution in [-0.2, 0) is 16.8 Å². The third-order valence-corrected chi connectivity index (χ3v) is 7.06. The molecule has 0 aliphatic carbocycles. The Morgan fingerprint density at radius 2 is 1.74 bits per heavy atom. The molecule has 2 aromatic carbocycles. The van der Waals surface area contributed by atoms with E-state index in [0.717, 1.165) is 54.2 Å². The van der Waals surface area contributed by atoms with Gasteiger partial charge in [0.05, 0.1) is 6.61 Å². The molecular formula is C21H30N2O3S. The van der Waals surface area contributed by atoms with Crippen molar-refractivity contribution < 1.29 is 13.2 Å². The van der Waals surface area contributed by atoms with Gasteiger partial charge in [0, 0.05) is 32.2 Å². The summed E-state index contributed by atoms with van der Waals surface area (Å²) in [6.07, 6.45) is 4.99. The van der Waals surface area contributed by atoms with Crippen LogP contribution in [0.3, 0.4) is 0 Å². The number of rotatable bonds is 7. The van der Waals surface area contributed by atoms with E-state index in [0.29, 0.717) is 26.2 Å². The van der Waals surface area contributed by atoms with Gasteiger partial charge in [-0.3, -0.25) is 0 Å². The Hall–Kier alpha value is -1.63. The van der Waals surface area contributed by atoms with Crippen LogP contribution >= 0.6 is 0 Å². The smallest absolute Gasteiger partial charge is 0.282 e. The molecule has 0 N–H and O–H groups in total. The van der Waals surface area contributed by atoms with Crippen molar-refractivity contribution in [1.29, 1.82) is 0 Å². The van der Waals surface area contributed by atoms with E-state index in [9.17, 15) is 8.42 Å². The van der Waals surface area contributed by atoms with E-state index in [1.54, 1.807) is 11.4 Å². The highest BCUT2D eigenvalue weighted by Crippen LogP contribution is 2.30. The van der Waals surface area contributed by atoms with E-state index in [4.69, 9.17) is 4.74 Å². The number of hydrogen-bond donors (Lipinski definition) is 0.